The van der Waals surface area contributed by atoms with E-state index >= 15 is 0 Å². The molecule has 1 N–H and O–H groups in total. The highest BCUT2D eigenvalue weighted by atomic mass is 35.5. The Morgan fingerprint density at radius 2 is 1.93 bits per heavy atom. The molecule has 4 heteroatoms. The lowest BCUT2D eigenvalue weighted by Crippen LogP contribution is -2.32. The van der Waals surface area contributed by atoms with Gasteiger partial charge in [-0.1, -0.05) is 23.7 Å². The minimum absolute atomic E-state index is 0.0290. The molecule has 0 bridgehead atoms. The zero-order valence-electron chi connectivity index (χ0n) is 9.16. The Kier molecular flexibility index (Phi) is 5.05. The number of likely N-dealkylation sites (N-methyl/N-ethyl adjacent to an activating group) is 1. The van der Waals surface area contributed by atoms with Gasteiger partial charge in [0.15, 0.2) is 6.29 Å². The summed E-state index contributed by atoms with van der Waals surface area (Å²) in [5, 5.41) is 3.85. The molecule has 84 valence electrons. The molecule has 15 heavy (non-hydrogen) atoms. The minimum atomic E-state index is -0.325. The molecule has 3 nitrogen and oxygen atoms in total. The van der Waals surface area contributed by atoms with Crippen LogP contribution < -0.4 is 5.32 Å². The van der Waals surface area contributed by atoms with Crippen LogP contribution in [0.5, 0.6) is 0 Å². The van der Waals surface area contributed by atoms with Gasteiger partial charge < -0.3 is 14.8 Å². The maximum absolute atomic E-state index is 5.93. The summed E-state index contributed by atoms with van der Waals surface area (Å²) >= 11 is 5.93. The third kappa shape index (κ3) is 3.18. The fourth-order valence-corrected chi connectivity index (χ4v) is 1.73. The first-order chi connectivity index (χ1) is 7.22. The van der Waals surface area contributed by atoms with E-state index in [0.717, 1.165) is 5.56 Å². The summed E-state index contributed by atoms with van der Waals surface area (Å²) in [6.45, 7) is 0. The van der Waals surface area contributed by atoms with Gasteiger partial charge in [-0.05, 0) is 24.7 Å². The van der Waals surface area contributed by atoms with Crippen molar-refractivity contribution in [1.29, 1.82) is 0 Å². The molecule has 0 saturated heterocycles. The summed E-state index contributed by atoms with van der Waals surface area (Å²) in [6.07, 6.45) is -0.325. The van der Waals surface area contributed by atoms with E-state index in [-0.39, 0.29) is 12.3 Å². The zero-order valence-corrected chi connectivity index (χ0v) is 9.91. The second kappa shape index (κ2) is 6.08. The Labute approximate surface area is 95.3 Å². The molecule has 0 saturated carbocycles. The predicted octanol–water partition coefficient (Wildman–Crippen LogP) is 2.22. The molecule has 0 fully saturated rings. The standard InChI is InChI=1S/C11H16ClNO2/c1-13-10(11(14-2)15-3)8-5-4-6-9(12)7-8/h4-7,10-11,13H,1-3H3. The van der Waals surface area contributed by atoms with Crippen LogP contribution in [0.25, 0.3) is 0 Å². The Morgan fingerprint density at radius 1 is 1.27 bits per heavy atom. The lowest BCUT2D eigenvalue weighted by Gasteiger charge is -2.24. The summed E-state index contributed by atoms with van der Waals surface area (Å²) in [6, 6.07) is 7.60. The summed E-state index contributed by atoms with van der Waals surface area (Å²) in [7, 11) is 5.09. The van der Waals surface area contributed by atoms with E-state index in [1.54, 1.807) is 14.2 Å². The molecule has 0 amide bonds. The topological polar surface area (TPSA) is 30.5 Å². The smallest absolute Gasteiger partial charge is 0.176 e. The maximum Gasteiger partial charge on any atom is 0.176 e. The van der Waals surface area contributed by atoms with Gasteiger partial charge in [-0.2, -0.15) is 0 Å². The summed E-state index contributed by atoms with van der Waals surface area (Å²) < 4.78 is 10.4. The van der Waals surface area contributed by atoms with Crippen molar-refractivity contribution in [3.05, 3.63) is 34.9 Å². The summed E-state index contributed by atoms with van der Waals surface area (Å²) in [5.41, 5.74) is 1.04. The molecule has 0 aliphatic heterocycles. The van der Waals surface area contributed by atoms with Gasteiger partial charge >= 0.3 is 0 Å². The van der Waals surface area contributed by atoms with Crippen LogP contribution in [0, 0.1) is 0 Å². The van der Waals surface area contributed by atoms with Crippen LogP contribution in [0.4, 0.5) is 0 Å². The van der Waals surface area contributed by atoms with Gasteiger partial charge in [0.05, 0.1) is 6.04 Å². The second-order valence-electron chi connectivity index (χ2n) is 3.16. The molecule has 1 rings (SSSR count). The van der Waals surface area contributed by atoms with Crippen molar-refractivity contribution in [2.24, 2.45) is 0 Å². The molecule has 0 aliphatic rings. The van der Waals surface area contributed by atoms with Gasteiger partial charge in [-0.15, -0.1) is 0 Å². The normalized spacial score (nSPS) is 13.1. The molecule has 0 heterocycles. The van der Waals surface area contributed by atoms with Crippen LogP contribution in [0.15, 0.2) is 24.3 Å². The van der Waals surface area contributed by atoms with Crippen molar-refractivity contribution in [3.8, 4) is 0 Å². The number of hydrogen-bond donors (Lipinski definition) is 1. The summed E-state index contributed by atoms with van der Waals surface area (Å²) in [5.74, 6) is 0. The van der Waals surface area contributed by atoms with Gasteiger partial charge in [-0.3, -0.25) is 0 Å². The van der Waals surface area contributed by atoms with E-state index in [0.29, 0.717) is 5.02 Å². The highest BCUT2D eigenvalue weighted by Crippen LogP contribution is 2.22. The lowest BCUT2D eigenvalue weighted by atomic mass is 10.1. The predicted molar refractivity (Wildman–Crippen MR) is 61.1 cm³/mol. The zero-order chi connectivity index (χ0) is 11.3. The Bertz CT molecular complexity index is 302. The molecule has 0 aromatic heterocycles. The largest absolute Gasteiger partial charge is 0.354 e. The Morgan fingerprint density at radius 3 is 2.40 bits per heavy atom. The van der Waals surface area contributed by atoms with Crippen molar-refractivity contribution in [1.82, 2.24) is 5.32 Å². The van der Waals surface area contributed by atoms with Gasteiger partial charge in [0.1, 0.15) is 0 Å². The highest BCUT2D eigenvalue weighted by Gasteiger charge is 2.20. The van der Waals surface area contributed by atoms with Crippen molar-refractivity contribution in [2.45, 2.75) is 12.3 Å². The molecule has 0 spiro atoms. The van der Waals surface area contributed by atoms with Crippen LogP contribution in [0.2, 0.25) is 5.02 Å². The molecule has 0 radical (unpaired) electrons. The first-order valence-electron chi connectivity index (χ1n) is 4.71. The number of nitrogens with one attached hydrogen (secondary N) is 1. The van der Waals surface area contributed by atoms with Crippen LogP contribution in [0.1, 0.15) is 11.6 Å². The van der Waals surface area contributed by atoms with E-state index in [9.17, 15) is 0 Å². The Hall–Kier alpha value is -0.610. The molecule has 0 aliphatic carbocycles. The van der Waals surface area contributed by atoms with Crippen molar-refractivity contribution in [3.63, 3.8) is 0 Å². The van der Waals surface area contributed by atoms with E-state index in [2.05, 4.69) is 5.32 Å². The quantitative estimate of drug-likeness (QED) is 0.786. The fraction of sp³-hybridized carbons (Fsp3) is 0.455. The van der Waals surface area contributed by atoms with Crippen LogP contribution in [-0.2, 0) is 9.47 Å². The third-order valence-corrected chi connectivity index (χ3v) is 2.49. The lowest BCUT2D eigenvalue weighted by molar-refractivity contribution is -0.123. The molecule has 1 aromatic carbocycles. The average Bonchev–Trinajstić information content (AvgIpc) is 2.25. The minimum Gasteiger partial charge on any atom is -0.354 e. The number of benzene rings is 1. The van der Waals surface area contributed by atoms with E-state index in [1.165, 1.54) is 0 Å². The van der Waals surface area contributed by atoms with Gasteiger partial charge in [0.2, 0.25) is 0 Å². The average molecular weight is 230 g/mol. The molecule has 1 unspecified atom stereocenters. The first-order valence-corrected chi connectivity index (χ1v) is 5.09. The van der Waals surface area contributed by atoms with E-state index < -0.39 is 0 Å². The first kappa shape index (κ1) is 12.5. The fourth-order valence-electron chi connectivity index (χ4n) is 1.53. The van der Waals surface area contributed by atoms with Crippen molar-refractivity contribution < 1.29 is 9.47 Å². The van der Waals surface area contributed by atoms with Gasteiger partial charge in [-0.25, -0.2) is 0 Å². The van der Waals surface area contributed by atoms with E-state index in [1.807, 2.05) is 31.3 Å². The number of methoxy groups -OCH3 is 2. The molecule has 1 aromatic rings. The molecule has 1 atom stereocenters. The summed E-state index contributed by atoms with van der Waals surface area (Å²) in [4.78, 5) is 0. The van der Waals surface area contributed by atoms with Crippen LogP contribution >= 0.6 is 11.6 Å². The van der Waals surface area contributed by atoms with Gasteiger partial charge in [0.25, 0.3) is 0 Å². The molecular formula is C11H16ClNO2. The second-order valence-corrected chi connectivity index (χ2v) is 3.60. The van der Waals surface area contributed by atoms with E-state index in [4.69, 9.17) is 21.1 Å². The van der Waals surface area contributed by atoms with Gasteiger partial charge in [0, 0.05) is 19.2 Å². The number of rotatable bonds is 5. The van der Waals surface area contributed by atoms with Crippen molar-refractivity contribution in [2.75, 3.05) is 21.3 Å². The monoisotopic (exact) mass is 229 g/mol. The van der Waals surface area contributed by atoms with Crippen molar-refractivity contribution >= 4 is 11.6 Å². The number of halogens is 1. The Balaban J connectivity index is 2.90. The molecular weight excluding hydrogens is 214 g/mol. The third-order valence-electron chi connectivity index (χ3n) is 2.26. The SMILES string of the molecule is CNC(c1cccc(Cl)c1)C(OC)OC. The van der Waals surface area contributed by atoms with Crippen LogP contribution in [-0.4, -0.2) is 27.6 Å². The highest BCUT2D eigenvalue weighted by molar-refractivity contribution is 6.30. The maximum atomic E-state index is 5.93. The van der Waals surface area contributed by atoms with Crippen LogP contribution in [0.3, 0.4) is 0 Å². The number of ether oxygens (including phenoxy) is 2. The number of hydrogen-bond acceptors (Lipinski definition) is 3.